The summed E-state index contributed by atoms with van der Waals surface area (Å²) < 4.78 is 6.67. The third-order valence-corrected chi connectivity index (χ3v) is 3.22. The van der Waals surface area contributed by atoms with Crippen LogP contribution in [0.3, 0.4) is 0 Å². The number of amides is 1. The molecule has 0 spiro atoms. The molecule has 1 aromatic heterocycles. The van der Waals surface area contributed by atoms with Gasteiger partial charge in [0, 0.05) is 38.1 Å². The highest BCUT2D eigenvalue weighted by molar-refractivity contribution is 5.66. The molecule has 0 aliphatic carbocycles. The number of nitrogens with zero attached hydrogens (tertiary/aromatic N) is 2. The van der Waals surface area contributed by atoms with Crippen LogP contribution in [0.5, 0.6) is 0 Å². The van der Waals surface area contributed by atoms with Gasteiger partial charge in [-0.2, -0.15) is 0 Å². The molecule has 0 saturated carbocycles. The lowest BCUT2D eigenvalue weighted by atomic mass is 10.2. The summed E-state index contributed by atoms with van der Waals surface area (Å²) >= 11 is 0. The summed E-state index contributed by atoms with van der Waals surface area (Å²) in [6, 6.07) is 4.50. The molecule has 122 valence electrons. The Kier molecular flexibility index (Phi) is 10.4. The van der Waals surface area contributed by atoms with Crippen LogP contribution in [0.2, 0.25) is 0 Å². The molecule has 0 aliphatic heterocycles. The number of methoxy groups -OCH3 is 1. The first kappa shape index (κ1) is 19.5. The molecule has 1 aromatic rings. The van der Waals surface area contributed by atoms with Crippen LogP contribution in [0.4, 0.5) is 4.79 Å². The summed E-state index contributed by atoms with van der Waals surface area (Å²) in [5.41, 5.74) is 1.27. The minimum atomic E-state index is -0.377. The van der Waals surface area contributed by atoms with Crippen molar-refractivity contribution in [2.24, 2.45) is 7.05 Å². The van der Waals surface area contributed by atoms with E-state index in [0.29, 0.717) is 12.6 Å². The first-order valence-corrected chi connectivity index (χ1v) is 7.68. The van der Waals surface area contributed by atoms with Gasteiger partial charge in [-0.3, -0.25) is 4.90 Å². The highest BCUT2D eigenvalue weighted by atomic mass is 16.5. The lowest BCUT2D eigenvalue weighted by Crippen LogP contribution is -2.36. The van der Waals surface area contributed by atoms with E-state index in [1.807, 2.05) is 19.3 Å². The molecule has 0 fully saturated rings. The topological polar surface area (TPSA) is 46.5 Å². The Morgan fingerprint density at radius 3 is 2.48 bits per heavy atom. The molecular weight excluding hydrogens is 266 g/mol. The second kappa shape index (κ2) is 11.2. The van der Waals surface area contributed by atoms with E-state index in [2.05, 4.69) is 53.3 Å². The summed E-state index contributed by atoms with van der Waals surface area (Å²) in [4.78, 5) is 13.3. The molecule has 5 heteroatoms. The van der Waals surface area contributed by atoms with E-state index in [9.17, 15) is 4.79 Å². The summed E-state index contributed by atoms with van der Waals surface area (Å²) in [5, 5.41) is 2.70. The molecule has 0 bridgehead atoms. The number of ether oxygens (including phenoxy) is 1. The number of alkyl carbamates (subject to hydrolysis) is 1. The Bertz CT molecular complexity index is 391. The molecule has 21 heavy (non-hydrogen) atoms. The van der Waals surface area contributed by atoms with Crippen LogP contribution in [-0.4, -0.2) is 42.3 Å². The van der Waals surface area contributed by atoms with Gasteiger partial charge in [-0.1, -0.05) is 27.2 Å². The Balaban J connectivity index is 0.00000122. The van der Waals surface area contributed by atoms with E-state index in [-0.39, 0.29) is 6.09 Å². The quantitative estimate of drug-likeness (QED) is 0.877. The molecule has 1 rings (SSSR count). The monoisotopic (exact) mass is 297 g/mol. The van der Waals surface area contributed by atoms with Crippen LogP contribution >= 0.6 is 0 Å². The van der Waals surface area contributed by atoms with Crippen molar-refractivity contribution in [1.82, 2.24) is 14.8 Å². The van der Waals surface area contributed by atoms with Gasteiger partial charge >= 0.3 is 6.09 Å². The van der Waals surface area contributed by atoms with Crippen LogP contribution < -0.4 is 5.32 Å². The zero-order valence-corrected chi connectivity index (χ0v) is 14.3. The maximum absolute atomic E-state index is 11.0. The standard InChI is InChI=1S/C13H23N3O2.C3H8/c1-5-16(10-8-14-13(17)18-4)11(2)12-7-6-9-15(12)3;1-3-2/h6-7,9,11H,5,8,10H2,1-4H3,(H,14,17);3H2,1-2H3. The van der Waals surface area contributed by atoms with Gasteiger partial charge in [-0.05, 0) is 25.6 Å². The highest BCUT2D eigenvalue weighted by Crippen LogP contribution is 2.19. The molecule has 0 saturated heterocycles. The number of aryl methyl sites for hydroxylation is 1. The second-order valence-corrected chi connectivity index (χ2v) is 4.97. The summed E-state index contributed by atoms with van der Waals surface area (Å²) in [7, 11) is 3.42. The van der Waals surface area contributed by atoms with E-state index in [0.717, 1.165) is 13.1 Å². The molecule has 1 unspecified atom stereocenters. The van der Waals surface area contributed by atoms with Gasteiger partial charge < -0.3 is 14.6 Å². The third-order valence-electron chi connectivity index (χ3n) is 3.22. The summed E-state index contributed by atoms with van der Waals surface area (Å²) in [6.45, 7) is 10.9. The number of nitrogens with one attached hydrogen (secondary N) is 1. The fraction of sp³-hybridized carbons (Fsp3) is 0.688. The number of hydrogen-bond donors (Lipinski definition) is 1. The Morgan fingerprint density at radius 1 is 1.43 bits per heavy atom. The van der Waals surface area contributed by atoms with Crippen molar-refractivity contribution in [3.8, 4) is 0 Å². The number of hydrogen-bond acceptors (Lipinski definition) is 3. The SMILES string of the molecule is CCC.CCN(CCNC(=O)OC)C(C)c1cccn1C. The van der Waals surface area contributed by atoms with Crippen LogP contribution in [0.25, 0.3) is 0 Å². The first-order valence-electron chi connectivity index (χ1n) is 7.68. The average Bonchev–Trinajstić information content (AvgIpc) is 2.89. The molecule has 5 nitrogen and oxygen atoms in total. The van der Waals surface area contributed by atoms with Gasteiger partial charge in [0.15, 0.2) is 0 Å². The first-order chi connectivity index (χ1) is 10.0. The fourth-order valence-electron chi connectivity index (χ4n) is 2.09. The minimum Gasteiger partial charge on any atom is -0.453 e. The number of carbonyl (C=O) groups excluding carboxylic acids is 1. The Morgan fingerprint density at radius 2 is 2.05 bits per heavy atom. The van der Waals surface area contributed by atoms with Gasteiger partial charge in [0.05, 0.1) is 7.11 Å². The molecular formula is C16H31N3O2. The average molecular weight is 297 g/mol. The largest absolute Gasteiger partial charge is 0.453 e. The zero-order chi connectivity index (χ0) is 16.3. The van der Waals surface area contributed by atoms with Crippen LogP contribution in [0.1, 0.15) is 45.9 Å². The van der Waals surface area contributed by atoms with Crippen LogP contribution in [0, 0.1) is 0 Å². The van der Waals surface area contributed by atoms with Gasteiger partial charge in [0.2, 0.25) is 0 Å². The summed E-state index contributed by atoms with van der Waals surface area (Å²) in [6.07, 6.45) is 2.92. The molecule has 1 heterocycles. The van der Waals surface area contributed by atoms with Crippen LogP contribution in [0.15, 0.2) is 18.3 Å². The van der Waals surface area contributed by atoms with Crippen molar-refractivity contribution in [3.05, 3.63) is 24.0 Å². The summed E-state index contributed by atoms with van der Waals surface area (Å²) in [5.74, 6) is 0. The van der Waals surface area contributed by atoms with Crippen LogP contribution in [-0.2, 0) is 11.8 Å². The maximum Gasteiger partial charge on any atom is 0.406 e. The van der Waals surface area contributed by atoms with E-state index >= 15 is 0 Å². The maximum atomic E-state index is 11.0. The number of likely N-dealkylation sites (N-methyl/N-ethyl adjacent to an activating group) is 1. The van der Waals surface area contributed by atoms with E-state index in [1.165, 1.54) is 19.2 Å². The smallest absolute Gasteiger partial charge is 0.406 e. The molecule has 0 radical (unpaired) electrons. The third kappa shape index (κ3) is 7.18. The molecule has 1 amide bonds. The van der Waals surface area contributed by atoms with Gasteiger partial charge in [-0.25, -0.2) is 4.79 Å². The Hall–Kier alpha value is -1.49. The van der Waals surface area contributed by atoms with E-state index in [4.69, 9.17) is 0 Å². The minimum absolute atomic E-state index is 0.328. The van der Waals surface area contributed by atoms with Crippen molar-refractivity contribution in [3.63, 3.8) is 0 Å². The van der Waals surface area contributed by atoms with E-state index < -0.39 is 0 Å². The fourth-order valence-corrected chi connectivity index (χ4v) is 2.09. The highest BCUT2D eigenvalue weighted by Gasteiger charge is 2.16. The van der Waals surface area contributed by atoms with Crippen molar-refractivity contribution in [2.75, 3.05) is 26.7 Å². The van der Waals surface area contributed by atoms with Crippen molar-refractivity contribution >= 4 is 6.09 Å². The van der Waals surface area contributed by atoms with Gasteiger partial charge in [-0.15, -0.1) is 0 Å². The van der Waals surface area contributed by atoms with Crippen molar-refractivity contribution < 1.29 is 9.53 Å². The lowest BCUT2D eigenvalue weighted by molar-refractivity contribution is 0.165. The van der Waals surface area contributed by atoms with Crippen molar-refractivity contribution in [2.45, 2.75) is 40.2 Å². The lowest BCUT2D eigenvalue weighted by Gasteiger charge is -2.28. The molecule has 1 atom stereocenters. The predicted octanol–water partition coefficient (Wildman–Crippen LogP) is 3.18. The Labute approximate surface area is 129 Å². The van der Waals surface area contributed by atoms with Crippen molar-refractivity contribution in [1.29, 1.82) is 0 Å². The van der Waals surface area contributed by atoms with Gasteiger partial charge in [0.25, 0.3) is 0 Å². The predicted molar refractivity (Wildman–Crippen MR) is 87.4 cm³/mol. The van der Waals surface area contributed by atoms with Gasteiger partial charge in [0.1, 0.15) is 0 Å². The number of aromatic nitrogens is 1. The number of carbonyl (C=O) groups is 1. The molecule has 0 aliphatic rings. The van der Waals surface area contributed by atoms with E-state index in [1.54, 1.807) is 0 Å². The second-order valence-electron chi connectivity index (χ2n) is 4.97. The normalized spacial score (nSPS) is 11.6. The number of rotatable bonds is 6. The zero-order valence-electron chi connectivity index (χ0n) is 14.3. The molecule has 1 N–H and O–H groups in total. The molecule has 0 aromatic carbocycles.